The number of halogens is 1. The zero-order valence-electron chi connectivity index (χ0n) is 14.1. The topological polar surface area (TPSA) is 50.3 Å². The Balaban J connectivity index is 0.00000182. The monoisotopic (exact) mass is 356 g/mol. The van der Waals surface area contributed by atoms with Crippen molar-refractivity contribution in [3.8, 4) is 17.0 Å². The van der Waals surface area contributed by atoms with Crippen molar-refractivity contribution in [2.45, 2.75) is 0 Å². The fraction of sp³-hybridized carbons (Fsp3) is 0.263. The van der Waals surface area contributed by atoms with Crippen molar-refractivity contribution in [1.29, 1.82) is 0 Å². The van der Waals surface area contributed by atoms with Crippen LogP contribution in [-0.2, 0) is 0 Å². The number of fused-ring (bicyclic) bond motifs is 1. The summed E-state index contributed by atoms with van der Waals surface area (Å²) in [6, 6.07) is 16.2. The van der Waals surface area contributed by atoms with Crippen LogP contribution in [0.1, 0.15) is 0 Å². The van der Waals surface area contributed by atoms with Gasteiger partial charge in [0.05, 0.1) is 18.3 Å². The van der Waals surface area contributed by atoms with Crippen molar-refractivity contribution < 1.29 is 4.74 Å². The quantitative estimate of drug-likeness (QED) is 0.781. The second-order valence-corrected chi connectivity index (χ2v) is 5.83. The maximum absolute atomic E-state index is 5.55. The molecule has 2 heterocycles. The third-order valence-electron chi connectivity index (χ3n) is 4.35. The van der Waals surface area contributed by atoms with Crippen molar-refractivity contribution in [2.24, 2.45) is 0 Å². The summed E-state index contributed by atoms with van der Waals surface area (Å²) in [7, 11) is 1.69. The molecule has 1 N–H and O–H groups in total. The summed E-state index contributed by atoms with van der Waals surface area (Å²) in [6.07, 6.45) is 0. The molecule has 6 heteroatoms. The van der Waals surface area contributed by atoms with Crippen LogP contribution in [0, 0.1) is 0 Å². The second-order valence-electron chi connectivity index (χ2n) is 5.83. The van der Waals surface area contributed by atoms with Crippen LogP contribution in [0.3, 0.4) is 0 Å². The standard InChI is InChI=1S/C19H20N4O.ClH/c1-24-17-9-5-3-7-15(17)18-14-6-2-4-8-16(14)21-19(22-18)23-12-10-20-11-13-23;/h2-9,20H,10-13H2,1H3;1H. The lowest BCUT2D eigenvalue weighted by Gasteiger charge is -2.28. The minimum absolute atomic E-state index is 0. The minimum Gasteiger partial charge on any atom is -0.496 e. The molecule has 0 amide bonds. The van der Waals surface area contributed by atoms with Gasteiger partial charge >= 0.3 is 0 Å². The maximum atomic E-state index is 5.55. The summed E-state index contributed by atoms with van der Waals surface area (Å²) in [5.74, 6) is 1.61. The van der Waals surface area contributed by atoms with Crippen LogP contribution in [-0.4, -0.2) is 43.3 Å². The van der Waals surface area contributed by atoms with Gasteiger partial charge in [-0.15, -0.1) is 12.4 Å². The molecule has 0 spiro atoms. The van der Waals surface area contributed by atoms with E-state index in [9.17, 15) is 0 Å². The predicted octanol–water partition coefficient (Wildman–Crippen LogP) is 3.14. The molecule has 0 bridgehead atoms. The van der Waals surface area contributed by atoms with E-state index in [1.165, 1.54) is 0 Å². The van der Waals surface area contributed by atoms with Crippen LogP contribution in [0.5, 0.6) is 5.75 Å². The van der Waals surface area contributed by atoms with Crippen molar-refractivity contribution in [1.82, 2.24) is 15.3 Å². The molecule has 5 nitrogen and oxygen atoms in total. The third-order valence-corrected chi connectivity index (χ3v) is 4.35. The van der Waals surface area contributed by atoms with Gasteiger partial charge in [0.2, 0.25) is 5.95 Å². The number of methoxy groups -OCH3 is 1. The number of aromatic nitrogens is 2. The Hall–Kier alpha value is -2.37. The van der Waals surface area contributed by atoms with E-state index < -0.39 is 0 Å². The molecule has 0 atom stereocenters. The Labute approximate surface area is 153 Å². The molecule has 130 valence electrons. The Morgan fingerprint density at radius 1 is 0.960 bits per heavy atom. The van der Waals surface area contributed by atoms with E-state index in [-0.39, 0.29) is 12.4 Å². The molecule has 1 aromatic heterocycles. The van der Waals surface area contributed by atoms with Gasteiger partial charge in [0, 0.05) is 37.1 Å². The van der Waals surface area contributed by atoms with Gasteiger partial charge in [0.1, 0.15) is 5.75 Å². The summed E-state index contributed by atoms with van der Waals surface area (Å²) < 4.78 is 5.55. The van der Waals surface area contributed by atoms with Crippen molar-refractivity contribution in [3.63, 3.8) is 0 Å². The number of nitrogens with one attached hydrogen (secondary N) is 1. The lowest BCUT2D eigenvalue weighted by Crippen LogP contribution is -2.44. The first-order valence-electron chi connectivity index (χ1n) is 8.22. The minimum atomic E-state index is 0. The van der Waals surface area contributed by atoms with Gasteiger partial charge in [0.15, 0.2) is 0 Å². The summed E-state index contributed by atoms with van der Waals surface area (Å²) >= 11 is 0. The van der Waals surface area contributed by atoms with E-state index in [0.29, 0.717) is 0 Å². The molecule has 3 aromatic rings. The lowest BCUT2D eigenvalue weighted by molar-refractivity contribution is 0.416. The number of rotatable bonds is 3. The molecule has 0 unspecified atom stereocenters. The molecular weight excluding hydrogens is 336 g/mol. The van der Waals surface area contributed by atoms with Crippen molar-refractivity contribution in [2.75, 3.05) is 38.2 Å². The highest BCUT2D eigenvalue weighted by atomic mass is 35.5. The normalized spacial score (nSPS) is 14.2. The van der Waals surface area contributed by atoms with Crippen LogP contribution < -0.4 is 15.0 Å². The Bertz CT molecular complexity index is 865. The highest BCUT2D eigenvalue weighted by Crippen LogP contribution is 2.34. The highest BCUT2D eigenvalue weighted by molar-refractivity contribution is 5.94. The summed E-state index contributed by atoms with van der Waals surface area (Å²) in [5.41, 5.74) is 2.88. The Morgan fingerprint density at radius 2 is 1.68 bits per heavy atom. The fourth-order valence-electron chi connectivity index (χ4n) is 3.12. The number of nitrogens with zero attached hydrogens (tertiary/aromatic N) is 3. The van der Waals surface area contributed by atoms with Crippen LogP contribution >= 0.6 is 12.4 Å². The maximum Gasteiger partial charge on any atom is 0.226 e. The molecule has 1 aliphatic heterocycles. The average molecular weight is 357 g/mol. The highest BCUT2D eigenvalue weighted by Gasteiger charge is 2.18. The van der Waals surface area contributed by atoms with Gasteiger partial charge in [-0.05, 0) is 18.2 Å². The van der Waals surface area contributed by atoms with Gasteiger partial charge < -0.3 is 15.0 Å². The molecule has 0 radical (unpaired) electrons. The van der Waals surface area contributed by atoms with Crippen LogP contribution in [0.2, 0.25) is 0 Å². The largest absolute Gasteiger partial charge is 0.496 e. The molecule has 1 saturated heterocycles. The zero-order valence-corrected chi connectivity index (χ0v) is 14.9. The number of ether oxygens (including phenoxy) is 1. The van der Waals surface area contributed by atoms with Crippen molar-refractivity contribution in [3.05, 3.63) is 48.5 Å². The molecule has 1 fully saturated rings. The molecule has 4 rings (SSSR count). The number of hydrogen-bond acceptors (Lipinski definition) is 5. The summed E-state index contributed by atoms with van der Waals surface area (Å²) in [6.45, 7) is 3.76. The number of anilines is 1. The number of benzene rings is 2. The first-order valence-corrected chi connectivity index (χ1v) is 8.22. The van der Waals surface area contributed by atoms with E-state index in [1.54, 1.807) is 7.11 Å². The molecular formula is C19H21ClN4O. The van der Waals surface area contributed by atoms with E-state index in [1.807, 2.05) is 36.4 Å². The third kappa shape index (κ3) is 3.38. The fourth-order valence-corrected chi connectivity index (χ4v) is 3.12. The number of hydrogen-bond donors (Lipinski definition) is 1. The molecule has 25 heavy (non-hydrogen) atoms. The Morgan fingerprint density at radius 3 is 2.48 bits per heavy atom. The SMILES string of the molecule is COc1ccccc1-c1nc(N2CCNCC2)nc2ccccc12.Cl. The van der Waals surface area contributed by atoms with E-state index in [2.05, 4.69) is 22.3 Å². The van der Waals surface area contributed by atoms with Crippen LogP contribution in [0.15, 0.2) is 48.5 Å². The van der Waals surface area contributed by atoms with Crippen LogP contribution in [0.4, 0.5) is 5.95 Å². The van der Waals surface area contributed by atoms with Gasteiger partial charge in [-0.1, -0.05) is 30.3 Å². The number of para-hydroxylation sites is 2. The first-order chi connectivity index (χ1) is 11.9. The van der Waals surface area contributed by atoms with Gasteiger partial charge in [-0.2, -0.15) is 0 Å². The molecule has 2 aromatic carbocycles. The molecule has 1 aliphatic rings. The Kier molecular flexibility index (Phi) is 5.36. The smallest absolute Gasteiger partial charge is 0.226 e. The zero-order chi connectivity index (χ0) is 16.4. The lowest BCUT2D eigenvalue weighted by atomic mass is 10.1. The molecule has 0 aliphatic carbocycles. The second kappa shape index (κ2) is 7.68. The van der Waals surface area contributed by atoms with Gasteiger partial charge in [-0.3, -0.25) is 0 Å². The summed E-state index contributed by atoms with van der Waals surface area (Å²) in [5, 5.41) is 4.41. The van der Waals surface area contributed by atoms with Crippen LogP contribution in [0.25, 0.3) is 22.2 Å². The molecule has 0 saturated carbocycles. The van der Waals surface area contributed by atoms with Crippen molar-refractivity contribution >= 4 is 29.3 Å². The van der Waals surface area contributed by atoms with E-state index >= 15 is 0 Å². The van der Waals surface area contributed by atoms with E-state index in [0.717, 1.165) is 60.0 Å². The van der Waals surface area contributed by atoms with Gasteiger partial charge in [-0.25, -0.2) is 9.97 Å². The predicted molar refractivity (Wildman–Crippen MR) is 104 cm³/mol. The average Bonchev–Trinajstić information content (AvgIpc) is 2.68. The van der Waals surface area contributed by atoms with Gasteiger partial charge in [0.25, 0.3) is 0 Å². The first kappa shape index (κ1) is 17.5. The number of piperazine rings is 1. The summed E-state index contributed by atoms with van der Waals surface area (Å²) in [4.78, 5) is 11.9. The van der Waals surface area contributed by atoms with E-state index in [4.69, 9.17) is 14.7 Å².